The first-order valence-electron chi connectivity index (χ1n) is 6.52. The molecule has 0 saturated carbocycles. The minimum Gasteiger partial charge on any atom is -0.338 e. The van der Waals surface area contributed by atoms with Crippen molar-refractivity contribution in [2.75, 3.05) is 0 Å². The molecule has 116 valence electrons. The maximum Gasteiger partial charge on any atom is 0.426 e. The van der Waals surface area contributed by atoms with E-state index in [1.165, 1.54) is 48.5 Å². The van der Waals surface area contributed by atoms with Gasteiger partial charge in [0, 0.05) is 0 Å². The molecule has 0 radical (unpaired) electrons. The molecular weight excluding hydrogens is 303 g/mol. The predicted molar refractivity (Wildman–Crippen MR) is 69.5 cm³/mol. The summed E-state index contributed by atoms with van der Waals surface area (Å²) < 4.78 is 71.8. The Morgan fingerprint density at radius 1 is 0.773 bits per heavy atom. The number of benzene rings is 2. The fraction of sp³-hybridized carbons (Fsp3) is 0.250. The summed E-state index contributed by atoms with van der Waals surface area (Å²) in [6, 6.07) is 14.6. The largest absolute Gasteiger partial charge is 0.426 e. The van der Waals surface area contributed by atoms with Gasteiger partial charge >= 0.3 is 6.18 Å². The highest BCUT2D eigenvalue weighted by Gasteiger charge is 2.88. The Kier molecular flexibility index (Phi) is 3.25. The smallest absolute Gasteiger partial charge is 0.338 e. The molecule has 1 heterocycles. The van der Waals surface area contributed by atoms with E-state index in [-0.39, 0.29) is 11.1 Å². The van der Waals surface area contributed by atoms with Crippen molar-refractivity contribution >= 4 is 0 Å². The third kappa shape index (κ3) is 1.80. The maximum absolute atomic E-state index is 13.4. The van der Waals surface area contributed by atoms with Gasteiger partial charge in [0.2, 0.25) is 0 Å². The third-order valence-corrected chi connectivity index (χ3v) is 3.88. The van der Waals surface area contributed by atoms with Gasteiger partial charge in [-0.15, -0.1) is 0 Å². The van der Waals surface area contributed by atoms with Gasteiger partial charge in [-0.05, 0) is 11.1 Å². The molecule has 3 rings (SSSR count). The van der Waals surface area contributed by atoms with Crippen LogP contribution in [-0.4, -0.2) is 18.2 Å². The fourth-order valence-corrected chi connectivity index (χ4v) is 2.85. The number of epoxide rings is 1. The first-order valence-corrected chi connectivity index (χ1v) is 6.52. The standard InChI is InChI=1S/C16H11F5O/c17-13(18)15(16(19,20)21)14(22-15,11-7-3-1-4-8-11)12-9-5-2-6-10-12/h1-10,13H. The second-order valence-corrected chi connectivity index (χ2v) is 5.05. The highest BCUT2D eigenvalue weighted by molar-refractivity contribution is 5.48. The summed E-state index contributed by atoms with van der Waals surface area (Å²) in [5.74, 6) is 0. The third-order valence-electron chi connectivity index (χ3n) is 3.88. The van der Waals surface area contributed by atoms with E-state index in [1.807, 2.05) is 0 Å². The van der Waals surface area contributed by atoms with Gasteiger partial charge in [0.25, 0.3) is 12.0 Å². The molecule has 1 unspecified atom stereocenters. The second kappa shape index (κ2) is 4.78. The zero-order valence-corrected chi connectivity index (χ0v) is 11.1. The highest BCUT2D eigenvalue weighted by Crippen LogP contribution is 2.68. The first kappa shape index (κ1) is 15.0. The normalized spacial score (nSPS) is 23.5. The zero-order valence-electron chi connectivity index (χ0n) is 11.1. The molecule has 0 spiro atoms. The zero-order chi connectivity index (χ0) is 16.0. The van der Waals surface area contributed by atoms with Gasteiger partial charge in [-0.1, -0.05) is 60.7 Å². The van der Waals surface area contributed by atoms with Crippen molar-refractivity contribution in [3.8, 4) is 0 Å². The van der Waals surface area contributed by atoms with Crippen molar-refractivity contribution in [2.24, 2.45) is 0 Å². The predicted octanol–water partition coefficient (Wildman–Crippen LogP) is 4.53. The molecule has 22 heavy (non-hydrogen) atoms. The molecule has 1 aliphatic rings. The summed E-state index contributed by atoms with van der Waals surface area (Å²) in [5, 5.41) is 0. The van der Waals surface area contributed by atoms with Crippen LogP contribution in [0.5, 0.6) is 0 Å². The summed E-state index contributed by atoms with van der Waals surface area (Å²) in [4.78, 5) is 0. The fourth-order valence-electron chi connectivity index (χ4n) is 2.85. The lowest BCUT2D eigenvalue weighted by atomic mass is 9.80. The van der Waals surface area contributed by atoms with Gasteiger partial charge in [-0.2, -0.15) is 13.2 Å². The summed E-state index contributed by atoms with van der Waals surface area (Å²) in [6.07, 6.45) is -8.90. The summed E-state index contributed by atoms with van der Waals surface area (Å²) in [5.41, 5.74) is -5.64. The van der Waals surface area contributed by atoms with Crippen molar-refractivity contribution in [1.82, 2.24) is 0 Å². The van der Waals surface area contributed by atoms with Gasteiger partial charge in [-0.3, -0.25) is 0 Å². The number of ether oxygens (including phenoxy) is 1. The van der Waals surface area contributed by atoms with Gasteiger partial charge in [0.1, 0.15) is 0 Å². The molecule has 1 saturated heterocycles. The molecule has 1 nitrogen and oxygen atoms in total. The molecule has 2 aromatic carbocycles. The Bertz CT molecular complexity index is 614. The lowest BCUT2D eigenvalue weighted by Crippen LogP contribution is -2.45. The number of rotatable bonds is 3. The molecule has 1 fully saturated rings. The van der Waals surface area contributed by atoms with Crippen molar-refractivity contribution < 1.29 is 26.7 Å². The topological polar surface area (TPSA) is 12.5 Å². The Hall–Kier alpha value is -1.95. The molecule has 0 aliphatic carbocycles. The van der Waals surface area contributed by atoms with Gasteiger partial charge in [0.15, 0.2) is 5.60 Å². The molecule has 1 aliphatic heterocycles. The van der Waals surface area contributed by atoms with E-state index in [2.05, 4.69) is 0 Å². The van der Waals surface area contributed by atoms with E-state index in [9.17, 15) is 22.0 Å². The molecule has 0 amide bonds. The quantitative estimate of drug-likeness (QED) is 0.599. The van der Waals surface area contributed by atoms with Crippen molar-refractivity contribution in [3.05, 3.63) is 71.8 Å². The van der Waals surface area contributed by atoms with Crippen LogP contribution in [0, 0.1) is 0 Å². The first-order chi connectivity index (χ1) is 10.4. The van der Waals surface area contributed by atoms with Crippen molar-refractivity contribution in [3.63, 3.8) is 0 Å². The van der Waals surface area contributed by atoms with Crippen LogP contribution in [0.25, 0.3) is 0 Å². The van der Waals surface area contributed by atoms with Crippen LogP contribution < -0.4 is 0 Å². The van der Waals surface area contributed by atoms with Crippen LogP contribution in [0.15, 0.2) is 60.7 Å². The number of hydrogen-bond acceptors (Lipinski definition) is 1. The molecule has 0 N–H and O–H groups in total. The summed E-state index contributed by atoms with van der Waals surface area (Å²) >= 11 is 0. The van der Waals surface area contributed by atoms with Crippen LogP contribution in [-0.2, 0) is 10.3 Å². The lowest BCUT2D eigenvalue weighted by molar-refractivity contribution is -0.217. The Balaban J connectivity index is 2.25. The van der Waals surface area contributed by atoms with E-state index < -0.39 is 23.8 Å². The lowest BCUT2D eigenvalue weighted by Gasteiger charge is -2.22. The molecule has 2 aromatic rings. The van der Waals surface area contributed by atoms with Crippen LogP contribution >= 0.6 is 0 Å². The number of alkyl halides is 5. The monoisotopic (exact) mass is 314 g/mol. The molecule has 0 aromatic heterocycles. The van der Waals surface area contributed by atoms with Crippen LogP contribution in [0.2, 0.25) is 0 Å². The van der Waals surface area contributed by atoms with Gasteiger partial charge in [0.05, 0.1) is 0 Å². The molecular formula is C16H11F5O. The van der Waals surface area contributed by atoms with Crippen LogP contribution in [0.3, 0.4) is 0 Å². The molecule has 1 atom stereocenters. The van der Waals surface area contributed by atoms with E-state index in [0.717, 1.165) is 0 Å². The van der Waals surface area contributed by atoms with E-state index in [4.69, 9.17) is 4.74 Å². The van der Waals surface area contributed by atoms with E-state index in [1.54, 1.807) is 12.1 Å². The highest BCUT2D eigenvalue weighted by atomic mass is 19.4. The summed E-state index contributed by atoms with van der Waals surface area (Å²) in [6.45, 7) is 0. The molecule has 6 heteroatoms. The Morgan fingerprint density at radius 3 is 1.45 bits per heavy atom. The summed E-state index contributed by atoms with van der Waals surface area (Å²) in [7, 11) is 0. The van der Waals surface area contributed by atoms with Crippen molar-refractivity contribution in [1.29, 1.82) is 0 Å². The minimum atomic E-state index is -5.20. The maximum atomic E-state index is 13.4. The van der Waals surface area contributed by atoms with Crippen LogP contribution in [0.1, 0.15) is 11.1 Å². The van der Waals surface area contributed by atoms with E-state index in [0.29, 0.717) is 0 Å². The van der Waals surface area contributed by atoms with E-state index >= 15 is 0 Å². The van der Waals surface area contributed by atoms with Crippen LogP contribution in [0.4, 0.5) is 22.0 Å². The SMILES string of the molecule is FC(F)C1(C(F)(F)F)OC1(c1ccccc1)c1ccccc1. The number of halogens is 5. The van der Waals surface area contributed by atoms with Gasteiger partial charge in [-0.25, -0.2) is 8.78 Å². The number of hydrogen-bond donors (Lipinski definition) is 0. The average molecular weight is 314 g/mol. The van der Waals surface area contributed by atoms with Gasteiger partial charge < -0.3 is 4.74 Å². The second-order valence-electron chi connectivity index (χ2n) is 5.05. The van der Waals surface area contributed by atoms with Crippen molar-refractivity contribution in [2.45, 2.75) is 23.8 Å². The minimum absolute atomic E-state index is 0.0545. The average Bonchev–Trinajstić information content (AvgIpc) is 3.22. The Labute approximate surface area is 123 Å². The molecule has 0 bridgehead atoms. The Morgan fingerprint density at radius 2 is 1.18 bits per heavy atom.